The summed E-state index contributed by atoms with van der Waals surface area (Å²) in [5.74, 6) is 0.937. The molecule has 1 aliphatic heterocycles. The highest BCUT2D eigenvalue weighted by Crippen LogP contribution is 2.38. The third kappa shape index (κ3) is 3.83. The van der Waals surface area contributed by atoms with Crippen molar-refractivity contribution in [1.82, 2.24) is 0 Å². The quantitative estimate of drug-likeness (QED) is 0.724. The van der Waals surface area contributed by atoms with Gasteiger partial charge in [0.15, 0.2) is 0 Å². The van der Waals surface area contributed by atoms with Crippen LogP contribution in [0.1, 0.15) is 31.7 Å². The third-order valence-electron chi connectivity index (χ3n) is 5.54. The molecule has 1 amide bonds. The highest BCUT2D eigenvalue weighted by atomic mass is 32.2. The predicted octanol–water partition coefficient (Wildman–Crippen LogP) is 3.60. The summed E-state index contributed by atoms with van der Waals surface area (Å²) in [5, 5.41) is 0. The highest BCUT2D eigenvalue weighted by Gasteiger charge is 2.36. The van der Waals surface area contributed by atoms with E-state index >= 15 is 0 Å². The minimum atomic E-state index is -3.72. The molecule has 0 radical (unpaired) electrons. The Balaban J connectivity index is 1.63. The van der Waals surface area contributed by atoms with Crippen LogP contribution in [0.5, 0.6) is 5.75 Å². The van der Waals surface area contributed by atoms with Crippen LogP contribution in [-0.2, 0) is 21.2 Å². The van der Waals surface area contributed by atoms with E-state index in [1.165, 1.54) is 4.31 Å². The van der Waals surface area contributed by atoms with Crippen molar-refractivity contribution in [2.75, 3.05) is 29.4 Å². The molecule has 0 spiro atoms. The molecule has 154 valence electrons. The van der Waals surface area contributed by atoms with Crippen LogP contribution < -0.4 is 13.9 Å². The summed E-state index contributed by atoms with van der Waals surface area (Å²) in [6.45, 7) is 3.10. The van der Waals surface area contributed by atoms with E-state index < -0.39 is 10.0 Å². The summed E-state index contributed by atoms with van der Waals surface area (Å²) in [6, 6.07) is 12.0. The molecule has 4 rings (SSSR count). The fourth-order valence-electron chi connectivity index (χ4n) is 3.71. The van der Waals surface area contributed by atoms with Crippen LogP contribution in [0.15, 0.2) is 47.4 Å². The molecule has 0 aromatic heterocycles. The number of nitrogens with zero attached hydrogens (tertiary/aromatic N) is 2. The molecule has 7 heteroatoms. The lowest BCUT2D eigenvalue weighted by molar-refractivity contribution is -0.119. The van der Waals surface area contributed by atoms with Crippen LogP contribution in [0.3, 0.4) is 0 Å². The molecule has 1 saturated carbocycles. The maximum Gasteiger partial charge on any atom is 0.264 e. The Kier molecular flexibility index (Phi) is 5.25. The van der Waals surface area contributed by atoms with Crippen LogP contribution in [0.25, 0.3) is 0 Å². The molecule has 0 unspecified atom stereocenters. The standard InChI is InChI=1S/C22H26N2O4S/c1-3-28-19-10-12-20(13-11-19)29(26,27)23(2)18-9-8-16-5-4-14-24(21(16)15-18)22(25)17-6-7-17/h8-13,15,17H,3-7,14H2,1-2H3. The van der Waals surface area contributed by atoms with Crippen LogP contribution in [0, 0.1) is 5.92 Å². The fourth-order valence-corrected chi connectivity index (χ4v) is 4.90. The van der Waals surface area contributed by atoms with Gasteiger partial charge >= 0.3 is 0 Å². The number of benzene rings is 2. The van der Waals surface area contributed by atoms with E-state index in [1.54, 1.807) is 31.3 Å². The lowest BCUT2D eigenvalue weighted by Gasteiger charge is -2.31. The van der Waals surface area contributed by atoms with Crippen molar-refractivity contribution in [2.45, 2.75) is 37.5 Å². The van der Waals surface area contributed by atoms with Crippen molar-refractivity contribution in [1.29, 1.82) is 0 Å². The Morgan fingerprint density at radius 2 is 1.90 bits per heavy atom. The molecule has 1 aliphatic carbocycles. The summed E-state index contributed by atoms with van der Waals surface area (Å²) in [6.07, 6.45) is 3.75. The van der Waals surface area contributed by atoms with E-state index in [0.717, 1.165) is 36.9 Å². The maximum atomic E-state index is 13.1. The first-order valence-electron chi connectivity index (χ1n) is 10.1. The van der Waals surface area contributed by atoms with Gasteiger partial charge in [0.1, 0.15) is 5.75 Å². The lowest BCUT2D eigenvalue weighted by atomic mass is 10.0. The second-order valence-electron chi connectivity index (χ2n) is 7.56. The van der Waals surface area contributed by atoms with Crippen LogP contribution in [0.4, 0.5) is 11.4 Å². The van der Waals surface area contributed by atoms with Gasteiger partial charge in [-0.3, -0.25) is 9.10 Å². The van der Waals surface area contributed by atoms with E-state index in [2.05, 4.69) is 0 Å². The van der Waals surface area contributed by atoms with Crippen molar-refractivity contribution >= 4 is 27.3 Å². The van der Waals surface area contributed by atoms with Crippen LogP contribution in [0.2, 0.25) is 0 Å². The Labute approximate surface area is 172 Å². The Bertz CT molecular complexity index is 1010. The first-order valence-corrected chi connectivity index (χ1v) is 11.5. The number of carbonyl (C=O) groups is 1. The molecule has 1 fully saturated rings. The zero-order valence-electron chi connectivity index (χ0n) is 16.8. The average Bonchev–Trinajstić information content (AvgIpc) is 3.58. The molecule has 2 aromatic rings. The second-order valence-corrected chi connectivity index (χ2v) is 9.53. The highest BCUT2D eigenvalue weighted by molar-refractivity contribution is 7.92. The zero-order chi connectivity index (χ0) is 20.6. The number of rotatable bonds is 6. The molecule has 0 N–H and O–H groups in total. The smallest absolute Gasteiger partial charge is 0.264 e. The maximum absolute atomic E-state index is 13.1. The summed E-state index contributed by atoms with van der Waals surface area (Å²) >= 11 is 0. The van der Waals surface area contributed by atoms with Gasteiger partial charge in [-0.05, 0) is 74.6 Å². The second kappa shape index (κ2) is 7.71. The number of ether oxygens (including phenoxy) is 1. The van der Waals surface area contributed by atoms with Crippen molar-refractivity contribution < 1.29 is 17.9 Å². The van der Waals surface area contributed by atoms with Crippen molar-refractivity contribution in [3.63, 3.8) is 0 Å². The monoisotopic (exact) mass is 414 g/mol. The van der Waals surface area contributed by atoms with Crippen LogP contribution in [-0.4, -0.2) is 34.5 Å². The molecule has 1 heterocycles. The van der Waals surface area contributed by atoms with Crippen molar-refractivity contribution in [3.8, 4) is 5.75 Å². The van der Waals surface area contributed by atoms with Crippen LogP contribution >= 0.6 is 0 Å². The fraction of sp³-hybridized carbons (Fsp3) is 0.409. The molecule has 2 aliphatic rings. The topological polar surface area (TPSA) is 66.9 Å². The molecular weight excluding hydrogens is 388 g/mol. The van der Waals surface area contributed by atoms with Gasteiger partial charge < -0.3 is 9.64 Å². The largest absolute Gasteiger partial charge is 0.494 e. The molecule has 29 heavy (non-hydrogen) atoms. The number of hydrogen-bond acceptors (Lipinski definition) is 4. The van der Waals surface area contributed by atoms with Gasteiger partial charge in [0.05, 0.1) is 17.2 Å². The normalized spacial score (nSPS) is 16.3. The SMILES string of the molecule is CCOc1ccc(S(=O)(=O)N(C)c2ccc3c(c2)N(C(=O)C2CC2)CCC3)cc1. The van der Waals surface area contributed by atoms with E-state index in [0.29, 0.717) is 24.6 Å². The molecule has 0 bridgehead atoms. The van der Waals surface area contributed by atoms with Gasteiger partial charge in [0, 0.05) is 25.2 Å². The van der Waals surface area contributed by atoms with E-state index in [1.807, 2.05) is 30.0 Å². The Morgan fingerprint density at radius 1 is 1.17 bits per heavy atom. The van der Waals surface area contributed by atoms with E-state index in [4.69, 9.17) is 4.74 Å². The number of carbonyl (C=O) groups excluding carboxylic acids is 1. The summed E-state index contributed by atoms with van der Waals surface area (Å²) in [7, 11) is -2.17. The molecular formula is C22H26N2O4S. The summed E-state index contributed by atoms with van der Waals surface area (Å²) < 4.78 is 32.9. The predicted molar refractivity (Wildman–Crippen MR) is 113 cm³/mol. The first kappa shape index (κ1) is 19.8. The minimum absolute atomic E-state index is 0.134. The third-order valence-corrected chi connectivity index (χ3v) is 7.34. The van der Waals surface area contributed by atoms with Gasteiger partial charge in [-0.25, -0.2) is 8.42 Å². The van der Waals surface area contributed by atoms with Crippen molar-refractivity contribution in [3.05, 3.63) is 48.0 Å². The number of aryl methyl sites for hydroxylation is 1. The van der Waals surface area contributed by atoms with Gasteiger partial charge in [0.2, 0.25) is 5.91 Å². The summed E-state index contributed by atoms with van der Waals surface area (Å²) in [4.78, 5) is 14.7. The van der Waals surface area contributed by atoms with E-state index in [9.17, 15) is 13.2 Å². The number of amides is 1. The van der Waals surface area contributed by atoms with Crippen molar-refractivity contribution in [2.24, 2.45) is 5.92 Å². The Hall–Kier alpha value is -2.54. The number of fused-ring (bicyclic) bond motifs is 1. The van der Waals surface area contributed by atoms with E-state index in [-0.39, 0.29) is 16.7 Å². The molecule has 2 aromatic carbocycles. The average molecular weight is 415 g/mol. The van der Waals surface area contributed by atoms with Gasteiger partial charge in [-0.1, -0.05) is 6.07 Å². The number of hydrogen-bond donors (Lipinski definition) is 0. The molecule has 0 saturated heterocycles. The minimum Gasteiger partial charge on any atom is -0.494 e. The Morgan fingerprint density at radius 3 is 2.55 bits per heavy atom. The van der Waals surface area contributed by atoms with Gasteiger partial charge in [0.25, 0.3) is 10.0 Å². The molecule has 0 atom stereocenters. The van der Waals surface area contributed by atoms with Gasteiger partial charge in [-0.2, -0.15) is 0 Å². The van der Waals surface area contributed by atoms with Gasteiger partial charge in [-0.15, -0.1) is 0 Å². The summed E-state index contributed by atoms with van der Waals surface area (Å²) in [5.41, 5.74) is 2.49. The zero-order valence-corrected chi connectivity index (χ0v) is 17.6. The number of anilines is 2. The lowest BCUT2D eigenvalue weighted by Crippen LogP contribution is -2.37. The first-order chi connectivity index (χ1) is 13.9. The number of sulfonamides is 1. The molecule has 6 nitrogen and oxygen atoms in total.